The van der Waals surface area contributed by atoms with E-state index in [9.17, 15) is 13.9 Å². The number of phenolic OH excluding ortho intramolecular Hbond substituents is 1. The third-order valence-corrected chi connectivity index (χ3v) is 3.60. The van der Waals surface area contributed by atoms with Gasteiger partial charge in [0, 0.05) is 23.5 Å². The molecule has 0 bridgehead atoms. The molecule has 2 aromatic carbocycles. The van der Waals surface area contributed by atoms with Gasteiger partial charge in [0.25, 0.3) is 0 Å². The van der Waals surface area contributed by atoms with Crippen LogP contribution in [0.15, 0.2) is 48.5 Å². The van der Waals surface area contributed by atoms with Crippen molar-refractivity contribution in [2.75, 3.05) is 4.31 Å². The number of aromatic hydroxyl groups is 1. The molecule has 0 heterocycles. The molecule has 2 rings (SSSR count). The summed E-state index contributed by atoms with van der Waals surface area (Å²) >= 11 is -2.38. The van der Waals surface area contributed by atoms with Crippen molar-refractivity contribution in [1.82, 2.24) is 0 Å². The van der Waals surface area contributed by atoms with E-state index in [-0.39, 0.29) is 12.3 Å². The highest BCUT2D eigenvalue weighted by molar-refractivity contribution is 7.80. The van der Waals surface area contributed by atoms with Crippen LogP contribution in [0, 0.1) is 0 Å². The molecule has 5 nitrogen and oxygen atoms in total. The molecule has 106 valence electrons. The van der Waals surface area contributed by atoms with Crippen LogP contribution in [0.4, 0.5) is 5.69 Å². The van der Waals surface area contributed by atoms with Crippen molar-refractivity contribution in [2.24, 2.45) is 5.73 Å². The standard InChI is InChI=1S/C14H16N2O3S/c15-9-11-1-5-13(6-2-11)16(20(18)19)10-12-3-7-14(17)8-4-12/h1-8,17H,9-10,15H2,(H,18,19)/p-1. The van der Waals surface area contributed by atoms with Crippen LogP contribution >= 0.6 is 0 Å². The first-order valence-electron chi connectivity index (χ1n) is 6.04. The molecule has 1 atom stereocenters. The number of hydrogen-bond acceptors (Lipinski definition) is 4. The average Bonchev–Trinajstić information content (AvgIpc) is 2.46. The first-order valence-corrected chi connectivity index (χ1v) is 7.07. The molecule has 0 saturated carbocycles. The van der Waals surface area contributed by atoms with Crippen molar-refractivity contribution in [3.05, 3.63) is 59.7 Å². The maximum Gasteiger partial charge on any atom is 0.115 e. The smallest absolute Gasteiger partial charge is 0.115 e. The summed E-state index contributed by atoms with van der Waals surface area (Å²) in [5.74, 6) is 0.149. The van der Waals surface area contributed by atoms with Crippen LogP contribution in [-0.2, 0) is 24.4 Å². The van der Waals surface area contributed by atoms with E-state index in [1.807, 2.05) is 0 Å². The molecule has 0 aliphatic rings. The van der Waals surface area contributed by atoms with Gasteiger partial charge in [-0.25, -0.2) is 0 Å². The van der Waals surface area contributed by atoms with Crippen LogP contribution in [0.1, 0.15) is 11.1 Å². The molecule has 0 aliphatic carbocycles. The van der Waals surface area contributed by atoms with Crippen molar-refractivity contribution in [1.29, 1.82) is 0 Å². The second-order valence-electron chi connectivity index (χ2n) is 4.29. The third-order valence-electron chi connectivity index (χ3n) is 2.90. The van der Waals surface area contributed by atoms with Crippen molar-refractivity contribution in [3.8, 4) is 5.75 Å². The van der Waals surface area contributed by atoms with Crippen LogP contribution in [0.5, 0.6) is 5.75 Å². The van der Waals surface area contributed by atoms with Crippen LogP contribution in [0.3, 0.4) is 0 Å². The van der Waals surface area contributed by atoms with Gasteiger partial charge in [-0.1, -0.05) is 24.3 Å². The van der Waals surface area contributed by atoms with Gasteiger partial charge in [0.05, 0.1) is 6.54 Å². The van der Waals surface area contributed by atoms with E-state index in [4.69, 9.17) is 5.73 Å². The highest BCUT2D eigenvalue weighted by Gasteiger charge is 2.08. The molecule has 20 heavy (non-hydrogen) atoms. The highest BCUT2D eigenvalue weighted by atomic mass is 32.2. The minimum Gasteiger partial charge on any atom is -0.755 e. The molecule has 0 aliphatic heterocycles. The van der Waals surface area contributed by atoms with E-state index in [0.29, 0.717) is 12.2 Å². The number of hydrogen-bond donors (Lipinski definition) is 2. The Kier molecular flexibility index (Phi) is 4.73. The third kappa shape index (κ3) is 3.57. The number of nitrogens with zero attached hydrogens (tertiary/aromatic N) is 1. The van der Waals surface area contributed by atoms with Crippen molar-refractivity contribution in [3.63, 3.8) is 0 Å². The Morgan fingerprint density at radius 2 is 1.60 bits per heavy atom. The Morgan fingerprint density at radius 3 is 2.10 bits per heavy atom. The number of nitrogens with two attached hydrogens (primary N) is 1. The molecule has 1 unspecified atom stereocenters. The zero-order chi connectivity index (χ0) is 14.5. The quantitative estimate of drug-likeness (QED) is 0.820. The van der Waals surface area contributed by atoms with Crippen LogP contribution in [0.2, 0.25) is 0 Å². The summed E-state index contributed by atoms with van der Waals surface area (Å²) in [5.41, 5.74) is 7.81. The van der Waals surface area contributed by atoms with Gasteiger partial charge in [0.2, 0.25) is 0 Å². The first kappa shape index (κ1) is 14.5. The van der Waals surface area contributed by atoms with E-state index in [2.05, 4.69) is 0 Å². The number of anilines is 1. The summed E-state index contributed by atoms with van der Waals surface area (Å²) in [6.45, 7) is 0.622. The second kappa shape index (κ2) is 6.51. The molecular formula is C14H15N2O3S-. The molecule has 6 heteroatoms. The molecule has 0 amide bonds. The fourth-order valence-electron chi connectivity index (χ4n) is 1.80. The van der Waals surface area contributed by atoms with Gasteiger partial charge in [0.15, 0.2) is 0 Å². The number of phenols is 1. The molecule has 2 aromatic rings. The van der Waals surface area contributed by atoms with Crippen LogP contribution in [0.25, 0.3) is 0 Å². The summed E-state index contributed by atoms with van der Waals surface area (Å²) in [6.07, 6.45) is 0. The van der Waals surface area contributed by atoms with Crippen molar-refractivity contribution < 1.29 is 13.9 Å². The SMILES string of the molecule is NCc1ccc(N(Cc2ccc(O)cc2)S(=O)[O-])cc1. The number of benzene rings is 2. The summed E-state index contributed by atoms with van der Waals surface area (Å²) in [5, 5.41) is 9.23. The molecular weight excluding hydrogens is 276 g/mol. The van der Waals surface area contributed by atoms with E-state index in [1.54, 1.807) is 36.4 Å². The Morgan fingerprint density at radius 1 is 1.05 bits per heavy atom. The van der Waals surface area contributed by atoms with Crippen molar-refractivity contribution in [2.45, 2.75) is 13.1 Å². The summed E-state index contributed by atoms with van der Waals surface area (Å²) in [4.78, 5) is 0. The minimum absolute atomic E-state index is 0.149. The van der Waals surface area contributed by atoms with Crippen LogP contribution < -0.4 is 10.0 Å². The lowest BCUT2D eigenvalue weighted by atomic mass is 10.2. The van der Waals surface area contributed by atoms with Gasteiger partial charge in [-0.05, 0) is 35.4 Å². The monoisotopic (exact) mass is 291 g/mol. The summed E-state index contributed by atoms with van der Waals surface area (Å²) < 4.78 is 24.0. The second-order valence-corrected chi connectivity index (χ2v) is 5.17. The lowest BCUT2D eigenvalue weighted by Crippen LogP contribution is -2.24. The molecule has 0 spiro atoms. The summed E-state index contributed by atoms with van der Waals surface area (Å²) in [7, 11) is 0. The topological polar surface area (TPSA) is 89.6 Å². The fraction of sp³-hybridized carbons (Fsp3) is 0.143. The zero-order valence-corrected chi connectivity index (χ0v) is 11.5. The molecule has 0 aromatic heterocycles. The van der Waals surface area contributed by atoms with E-state index in [0.717, 1.165) is 11.1 Å². The van der Waals surface area contributed by atoms with E-state index >= 15 is 0 Å². The van der Waals surface area contributed by atoms with Gasteiger partial charge < -0.3 is 15.4 Å². The van der Waals surface area contributed by atoms with Gasteiger partial charge in [0.1, 0.15) is 5.75 Å². The molecule has 0 radical (unpaired) electrons. The predicted octanol–water partition coefficient (Wildman–Crippen LogP) is 1.65. The summed E-state index contributed by atoms with van der Waals surface area (Å²) in [6, 6.07) is 13.5. The normalized spacial score (nSPS) is 12.1. The Hall–Kier alpha value is -1.89. The van der Waals surface area contributed by atoms with E-state index < -0.39 is 11.3 Å². The Balaban J connectivity index is 2.22. The fourth-order valence-corrected chi connectivity index (χ4v) is 2.34. The maximum atomic E-state index is 11.4. The van der Waals surface area contributed by atoms with Crippen molar-refractivity contribution >= 4 is 17.0 Å². The highest BCUT2D eigenvalue weighted by Crippen LogP contribution is 2.20. The minimum atomic E-state index is -2.38. The van der Waals surface area contributed by atoms with Gasteiger partial charge >= 0.3 is 0 Å². The van der Waals surface area contributed by atoms with Crippen LogP contribution in [-0.4, -0.2) is 13.9 Å². The van der Waals surface area contributed by atoms with E-state index in [1.165, 1.54) is 16.4 Å². The molecule has 0 saturated heterocycles. The Bertz CT molecular complexity index is 584. The predicted molar refractivity (Wildman–Crippen MR) is 77.5 cm³/mol. The largest absolute Gasteiger partial charge is 0.755 e. The first-order chi connectivity index (χ1) is 9.60. The maximum absolute atomic E-state index is 11.4. The Labute approximate surface area is 120 Å². The zero-order valence-electron chi connectivity index (χ0n) is 10.7. The lowest BCUT2D eigenvalue weighted by Gasteiger charge is -2.26. The van der Waals surface area contributed by atoms with Gasteiger partial charge in [-0.2, -0.15) is 0 Å². The van der Waals surface area contributed by atoms with Gasteiger partial charge in [-0.3, -0.25) is 8.51 Å². The van der Waals surface area contributed by atoms with Gasteiger partial charge in [-0.15, -0.1) is 0 Å². The molecule has 3 N–H and O–H groups in total. The number of rotatable bonds is 5. The average molecular weight is 291 g/mol. The lowest BCUT2D eigenvalue weighted by molar-refractivity contribution is 0.475. The molecule has 0 fully saturated rings.